The van der Waals surface area contributed by atoms with Gasteiger partial charge in [0.25, 0.3) is 0 Å². The number of hydrogen-bond acceptors (Lipinski definition) is 2. The van der Waals surface area contributed by atoms with E-state index in [0.29, 0.717) is 11.0 Å². The van der Waals surface area contributed by atoms with Gasteiger partial charge >= 0.3 is 0 Å². The molecule has 1 N–H and O–H groups in total. The zero-order valence-electron chi connectivity index (χ0n) is 11.2. The second kappa shape index (κ2) is 5.27. The standard InChI is InChI=1S/C15H22FNO/c1-3-15(4-2)8-9-17(11-15)14-7-5-6-13(16)12(14)10-18/h5-7,18H,3-4,8-11H2,1-2H3. The summed E-state index contributed by atoms with van der Waals surface area (Å²) in [6, 6.07) is 5.05. The molecule has 0 spiro atoms. The molecule has 1 fully saturated rings. The van der Waals surface area contributed by atoms with Crippen LogP contribution in [0.15, 0.2) is 18.2 Å². The van der Waals surface area contributed by atoms with Gasteiger partial charge in [0.1, 0.15) is 5.82 Å². The molecule has 0 aromatic heterocycles. The van der Waals surface area contributed by atoms with Crippen LogP contribution in [0.3, 0.4) is 0 Å². The molecule has 1 aromatic carbocycles. The molecule has 100 valence electrons. The molecule has 0 unspecified atom stereocenters. The van der Waals surface area contributed by atoms with Crippen LogP contribution in [-0.4, -0.2) is 18.2 Å². The maximum Gasteiger partial charge on any atom is 0.130 e. The van der Waals surface area contributed by atoms with Crippen LogP contribution in [0.25, 0.3) is 0 Å². The van der Waals surface area contributed by atoms with E-state index in [1.807, 2.05) is 6.07 Å². The lowest BCUT2D eigenvalue weighted by Gasteiger charge is -2.28. The van der Waals surface area contributed by atoms with Crippen LogP contribution in [0.5, 0.6) is 0 Å². The highest BCUT2D eigenvalue weighted by molar-refractivity contribution is 5.55. The summed E-state index contributed by atoms with van der Waals surface area (Å²) < 4.78 is 13.7. The maximum atomic E-state index is 13.7. The van der Waals surface area contributed by atoms with Crippen molar-refractivity contribution in [1.82, 2.24) is 0 Å². The van der Waals surface area contributed by atoms with Crippen molar-refractivity contribution in [1.29, 1.82) is 0 Å². The Balaban J connectivity index is 2.27. The normalized spacial score (nSPS) is 18.3. The van der Waals surface area contributed by atoms with E-state index in [-0.39, 0.29) is 12.4 Å². The van der Waals surface area contributed by atoms with Crippen molar-refractivity contribution in [2.45, 2.75) is 39.7 Å². The molecule has 3 heteroatoms. The number of rotatable bonds is 4. The SMILES string of the molecule is CCC1(CC)CCN(c2cccc(F)c2CO)C1. The van der Waals surface area contributed by atoms with Crippen LogP contribution in [0.2, 0.25) is 0 Å². The lowest BCUT2D eigenvalue weighted by molar-refractivity contribution is 0.275. The van der Waals surface area contributed by atoms with E-state index >= 15 is 0 Å². The van der Waals surface area contributed by atoms with Gasteiger partial charge in [-0.3, -0.25) is 0 Å². The number of hydrogen-bond donors (Lipinski definition) is 1. The summed E-state index contributed by atoms with van der Waals surface area (Å²) in [5.74, 6) is -0.305. The Labute approximate surface area is 108 Å². The molecule has 1 aromatic rings. The molecule has 18 heavy (non-hydrogen) atoms. The summed E-state index contributed by atoms with van der Waals surface area (Å²) in [6.45, 7) is 6.15. The first-order chi connectivity index (χ1) is 8.65. The third-order valence-electron chi connectivity index (χ3n) is 4.53. The lowest BCUT2D eigenvalue weighted by atomic mass is 9.82. The molecular formula is C15H22FNO. The number of nitrogens with zero attached hydrogens (tertiary/aromatic N) is 1. The minimum absolute atomic E-state index is 0.232. The van der Waals surface area contributed by atoms with Crippen molar-refractivity contribution in [3.63, 3.8) is 0 Å². The molecule has 1 saturated heterocycles. The first-order valence-corrected chi connectivity index (χ1v) is 6.79. The minimum Gasteiger partial charge on any atom is -0.391 e. The Morgan fingerprint density at radius 3 is 2.61 bits per heavy atom. The Kier molecular flexibility index (Phi) is 3.91. The molecule has 1 aliphatic heterocycles. The van der Waals surface area contributed by atoms with Crippen molar-refractivity contribution in [2.75, 3.05) is 18.0 Å². The highest BCUT2D eigenvalue weighted by atomic mass is 19.1. The molecule has 0 atom stereocenters. The second-order valence-corrected chi connectivity index (χ2v) is 5.27. The average molecular weight is 251 g/mol. The summed E-state index contributed by atoms with van der Waals surface area (Å²) in [4.78, 5) is 2.22. The molecular weight excluding hydrogens is 229 g/mol. The van der Waals surface area contributed by atoms with E-state index in [1.165, 1.54) is 6.07 Å². The number of benzene rings is 1. The van der Waals surface area contributed by atoms with Gasteiger partial charge in [0.05, 0.1) is 6.61 Å². The van der Waals surface area contributed by atoms with E-state index < -0.39 is 0 Å². The number of halogens is 1. The number of aliphatic hydroxyl groups is 1. The predicted octanol–water partition coefficient (Wildman–Crippen LogP) is 3.33. The summed E-state index contributed by atoms with van der Waals surface area (Å²) in [7, 11) is 0. The molecule has 0 bridgehead atoms. The van der Waals surface area contributed by atoms with E-state index in [9.17, 15) is 9.50 Å². The summed E-state index contributed by atoms with van der Waals surface area (Å²) >= 11 is 0. The van der Waals surface area contributed by atoms with Gasteiger partial charge in [-0.2, -0.15) is 0 Å². The van der Waals surface area contributed by atoms with Gasteiger partial charge in [-0.05, 0) is 36.8 Å². The maximum absolute atomic E-state index is 13.7. The van der Waals surface area contributed by atoms with Crippen molar-refractivity contribution >= 4 is 5.69 Å². The molecule has 0 aliphatic carbocycles. The van der Waals surface area contributed by atoms with Crippen LogP contribution in [0, 0.1) is 11.2 Å². The van der Waals surface area contributed by atoms with Crippen molar-refractivity contribution in [3.8, 4) is 0 Å². The number of aliphatic hydroxyl groups excluding tert-OH is 1. The quantitative estimate of drug-likeness (QED) is 0.887. The van der Waals surface area contributed by atoms with Crippen molar-refractivity contribution in [3.05, 3.63) is 29.6 Å². The van der Waals surface area contributed by atoms with Gasteiger partial charge in [0, 0.05) is 24.3 Å². The summed E-state index contributed by atoms with van der Waals surface area (Å²) in [5.41, 5.74) is 1.65. The molecule has 0 amide bonds. The lowest BCUT2D eigenvalue weighted by Crippen LogP contribution is -2.27. The highest BCUT2D eigenvalue weighted by Gasteiger charge is 2.35. The fourth-order valence-electron chi connectivity index (χ4n) is 2.97. The molecule has 2 rings (SSSR count). The minimum atomic E-state index is -0.305. The molecule has 0 radical (unpaired) electrons. The largest absolute Gasteiger partial charge is 0.391 e. The smallest absolute Gasteiger partial charge is 0.130 e. The van der Waals surface area contributed by atoms with Gasteiger partial charge in [0.15, 0.2) is 0 Å². The third-order valence-corrected chi connectivity index (χ3v) is 4.53. The van der Waals surface area contributed by atoms with E-state index in [0.717, 1.165) is 38.0 Å². The van der Waals surface area contributed by atoms with E-state index in [2.05, 4.69) is 18.7 Å². The number of anilines is 1. The van der Waals surface area contributed by atoms with Crippen LogP contribution < -0.4 is 4.90 Å². The van der Waals surface area contributed by atoms with E-state index in [4.69, 9.17) is 0 Å². The van der Waals surface area contributed by atoms with Gasteiger partial charge in [-0.15, -0.1) is 0 Å². The monoisotopic (exact) mass is 251 g/mol. The zero-order valence-corrected chi connectivity index (χ0v) is 11.2. The first kappa shape index (κ1) is 13.3. The van der Waals surface area contributed by atoms with Crippen molar-refractivity contribution in [2.24, 2.45) is 5.41 Å². The fourth-order valence-corrected chi connectivity index (χ4v) is 2.97. The second-order valence-electron chi connectivity index (χ2n) is 5.27. The molecule has 1 heterocycles. The third kappa shape index (κ3) is 2.24. The Morgan fingerprint density at radius 1 is 1.33 bits per heavy atom. The Hall–Kier alpha value is -1.09. The van der Waals surface area contributed by atoms with Gasteiger partial charge in [-0.25, -0.2) is 4.39 Å². The predicted molar refractivity (Wildman–Crippen MR) is 72.2 cm³/mol. The first-order valence-electron chi connectivity index (χ1n) is 6.79. The average Bonchev–Trinajstić information content (AvgIpc) is 2.83. The summed E-state index contributed by atoms with van der Waals surface area (Å²) in [6.07, 6.45) is 3.47. The van der Waals surface area contributed by atoms with E-state index in [1.54, 1.807) is 6.07 Å². The fraction of sp³-hybridized carbons (Fsp3) is 0.600. The summed E-state index contributed by atoms with van der Waals surface area (Å²) in [5, 5.41) is 9.34. The van der Waals surface area contributed by atoms with Gasteiger partial charge in [-0.1, -0.05) is 19.9 Å². The van der Waals surface area contributed by atoms with Crippen LogP contribution in [0.4, 0.5) is 10.1 Å². The van der Waals surface area contributed by atoms with Crippen LogP contribution in [-0.2, 0) is 6.61 Å². The zero-order chi connectivity index (χ0) is 13.2. The van der Waals surface area contributed by atoms with Gasteiger partial charge < -0.3 is 10.0 Å². The molecule has 2 nitrogen and oxygen atoms in total. The van der Waals surface area contributed by atoms with Gasteiger partial charge in [0.2, 0.25) is 0 Å². The Bertz CT molecular complexity index is 415. The highest BCUT2D eigenvalue weighted by Crippen LogP contribution is 2.40. The van der Waals surface area contributed by atoms with Crippen molar-refractivity contribution < 1.29 is 9.50 Å². The topological polar surface area (TPSA) is 23.5 Å². The molecule has 1 aliphatic rings. The Morgan fingerprint density at radius 2 is 2.06 bits per heavy atom. The van der Waals surface area contributed by atoms with Crippen LogP contribution in [0.1, 0.15) is 38.7 Å². The molecule has 0 saturated carbocycles. The van der Waals surface area contributed by atoms with Crippen LogP contribution >= 0.6 is 0 Å².